The molecule has 3 N–H and O–H groups in total. The zero-order valence-electron chi connectivity index (χ0n) is 55.2. The maximum Gasteiger partial charge on any atom is 0.305 e. The van der Waals surface area contributed by atoms with Crippen molar-refractivity contribution < 1.29 is 24.5 Å². The molecule has 0 fully saturated rings. The summed E-state index contributed by atoms with van der Waals surface area (Å²) in [4.78, 5) is 24.6. The van der Waals surface area contributed by atoms with Gasteiger partial charge in [0.25, 0.3) is 0 Å². The first-order chi connectivity index (χ1) is 40.5. The maximum atomic E-state index is 12.5. The van der Waals surface area contributed by atoms with E-state index in [1.165, 1.54) is 308 Å². The molecule has 1 amide bonds. The van der Waals surface area contributed by atoms with Crippen molar-refractivity contribution in [3.63, 3.8) is 0 Å². The molecule has 6 nitrogen and oxygen atoms in total. The quantitative estimate of drug-likeness (QED) is 0.0320. The van der Waals surface area contributed by atoms with Crippen molar-refractivity contribution in [2.24, 2.45) is 0 Å². The Hall–Kier alpha value is -2.18. The first-order valence-electron chi connectivity index (χ1n) is 36.9. The highest BCUT2D eigenvalue weighted by atomic mass is 16.5. The first kappa shape index (κ1) is 79.8. The number of rotatable bonds is 69. The predicted molar refractivity (Wildman–Crippen MR) is 361 cm³/mol. The minimum atomic E-state index is -0.663. The molecule has 0 aromatic heterocycles. The number of aliphatic hydroxyl groups is 2. The Labute approximate surface area is 512 Å². The molecule has 0 spiro atoms. The predicted octanol–water partition coefficient (Wildman–Crippen LogP) is 24.0. The van der Waals surface area contributed by atoms with Crippen LogP contribution < -0.4 is 5.32 Å². The van der Waals surface area contributed by atoms with Crippen LogP contribution in [0.3, 0.4) is 0 Å². The number of hydrogen-bond acceptors (Lipinski definition) is 5. The van der Waals surface area contributed by atoms with Gasteiger partial charge in [-0.3, -0.25) is 9.59 Å². The summed E-state index contributed by atoms with van der Waals surface area (Å²) in [5.41, 5.74) is 0. The van der Waals surface area contributed by atoms with E-state index in [-0.39, 0.29) is 18.5 Å². The van der Waals surface area contributed by atoms with Crippen LogP contribution >= 0.6 is 0 Å². The van der Waals surface area contributed by atoms with E-state index >= 15 is 0 Å². The Kier molecular flexibility index (Phi) is 69.4. The molecule has 6 heteroatoms. The number of ether oxygens (including phenoxy) is 1. The number of nitrogens with one attached hydrogen (secondary N) is 1. The summed E-state index contributed by atoms with van der Waals surface area (Å²) in [5, 5.41) is 23.3. The third kappa shape index (κ3) is 67.0. The average molecular weight is 1150 g/mol. The SMILES string of the molecule is CCCCCC/C=C\C/C=C\CCCCCCCC(=O)OCCCCCCCCCCCCC/C=C\C/C=C\CCCCCCCCCCCCCCCCCCCC(=O)NC(CO)C(O)CCCCCCCCCCCCCCCC. The molecule has 482 valence electrons. The highest BCUT2D eigenvalue weighted by Crippen LogP contribution is 2.19. The standard InChI is InChI=1S/C76H143NO5/c1-3-5-7-9-11-13-15-17-19-42-46-50-54-58-62-66-70-76(81)82-71-67-63-59-55-51-47-43-40-38-36-34-32-30-28-26-24-22-20-21-23-25-27-29-31-33-35-37-39-41-45-49-53-57-61-65-69-75(80)77-73(72-78)74(79)68-64-60-56-52-48-44-18-16-14-12-10-8-6-4-2/h13,15,19,22,24,28,30,42,73-74,78-79H,3-12,14,16-18,20-21,23,25-27,29,31-41,43-72H2,1-2H3,(H,77,80)/b15-13-,24-22-,30-28-,42-19-. The van der Waals surface area contributed by atoms with E-state index in [0.29, 0.717) is 25.9 Å². The second-order valence-corrected chi connectivity index (χ2v) is 25.3. The molecule has 82 heavy (non-hydrogen) atoms. The van der Waals surface area contributed by atoms with Crippen molar-refractivity contribution >= 4 is 11.9 Å². The van der Waals surface area contributed by atoms with Crippen molar-refractivity contribution in [3.8, 4) is 0 Å². The fraction of sp³-hybridized carbons (Fsp3) is 0.868. The van der Waals surface area contributed by atoms with Gasteiger partial charge in [-0.1, -0.05) is 345 Å². The second kappa shape index (κ2) is 71.3. The molecule has 0 aromatic carbocycles. The second-order valence-electron chi connectivity index (χ2n) is 25.3. The van der Waals surface area contributed by atoms with Crippen LogP contribution in [0, 0.1) is 0 Å². The number of allylic oxidation sites excluding steroid dienone is 8. The Bertz CT molecular complexity index is 1370. The third-order valence-corrected chi connectivity index (χ3v) is 17.1. The zero-order chi connectivity index (χ0) is 59.2. The summed E-state index contributed by atoms with van der Waals surface area (Å²) in [5.74, 6) is -0.0272. The highest BCUT2D eigenvalue weighted by Gasteiger charge is 2.20. The van der Waals surface area contributed by atoms with Crippen LogP contribution in [0.4, 0.5) is 0 Å². The average Bonchev–Trinajstić information content (AvgIpc) is 3.48. The third-order valence-electron chi connectivity index (χ3n) is 17.1. The Balaban J connectivity index is 3.37. The number of carbonyl (C=O) groups excluding carboxylic acids is 2. The van der Waals surface area contributed by atoms with Crippen LogP contribution in [0.25, 0.3) is 0 Å². The van der Waals surface area contributed by atoms with E-state index in [0.717, 1.165) is 57.8 Å². The van der Waals surface area contributed by atoms with Gasteiger partial charge in [0.2, 0.25) is 5.91 Å². The van der Waals surface area contributed by atoms with Crippen LogP contribution in [0.1, 0.15) is 399 Å². The Morgan fingerprint density at radius 3 is 0.939 bits per heavy atom. The minimum absolute atomic E-state index is 0.00344. The molecule has 0 heterocycles. The lowest BCUT2D eigenvalue weighted by molar-refractivity contribution is -0.143. The van der Waals surface area contributed by atoms with Gasteiger partial charge < -0.3 is 20.3 Å². The van der Waals surface area contributed by atoms with E-state index in [1.54, 1.807) is 0 Å². The van der Waals surface area contributed by atoms with Crippen LogP contribution in [-0.4, -0.2) is 47.4 Å². The molecule has 0 aliphatic heterocycles. The van der Waals surface area contributed by atoms with E-state index in [4.69, 9.17) is 4.74 Å². The molecule has 0 aliphatic rings. The van der Waals surface area contributed by atoms with E-state index in [1.807, 2.05) is 0 Å². The van der Waals surface area contributed by atoms with Crippen LogP contribution in [0.15, 0.2) is 48.6 Å². The molecular weight excluding hydrogens is 1010 g/mol. The fourth-order valence-corrected chi connectivity index (χ4v) is 11.5. The monoisotopic (exact) mass is 1150 g/mol. The topological polar surface area (TPSA) is 95.9 Å². The van der Waals surface area contributed by atoms with Crippen LogP contribution in [0.2, 0.25) is 0 Å². The zero-order valence-corrected chi connectivity index (χ0v) is 55.2. The maximum absolute atomic E-state index is 12.5. The molecule has 2 atom stereocenters. The Morgan fingerprint density at radius 2 is 0.610 bits per heavy atom. The molecule has 2 unspecified atom stereocenters. The molecule has 0 aromatic rings. The van der Waals surface area contributed by atoms with Crippen LogP contribution in [0.5, 0.6) is 0 Å². The lowest BCUT2D eigenvalue weighted by Gasteiger charge is -2.22. The van der Waals surface area contributed by atoms with Gasteiger partial charge in [0, 0.05) is 12.8 Å². The van der Waals surface area contributed by atoms with E-state index in [9.17, 15) is 19.8 Å². The largest absolute Gasteiger partial charge is 0.466 e. The smallest absolute Gasteiger partial charge is 0.305 e. The summed E-state index contributed by atoms with van der Waals surface area (Å²) >= 11 is 0. The lowest BCUT2D eigenvalue weighted by atomic mass is 10.0. The van der Waals surface area contributed by atoms with Gasteiger partial charge in [0.1, 0.15) is 0 Å². The summed E-state index contributed by atoms with van der Waals surface area (Å²) in [7, 11) is 0. The number of esters is 1. The van der Waals surface area contributed by atoms with Crippen molar-refractivity contribution in [2.75, 3.05) is 13.2 Å². The number of aliphatic hydroxyl groups excluding tert-OH is 2. The van der Waals surface area contributed by atoms with Gasteiger partial charge in [-0.15, -0.1) is 0 Å². The normalized spacial score (nSPS) is 12.8. The summed E-state index contributed by atoms with van der Waals surface area (Å²) in [6, 6.07) is -0.540. The molecule has 0 aliphatic carbocycles. The molecule has 0 radical (unpaired) electrons. The van der Waals surface area contributed by atoms with Crippen molar-refractivity contribution in [1.82, 2.24) is 5.32 Å². The van der Waals surface area contributed by atoms with Gasteiger partial charge >= 0.3 is 5.97 Å². The van der Waals surface area contributed by atoms with Crippen molar-refractivity contribution in [2.45, 2.75) is 411 Å². The molecular formula is C76H143NO5. The van der Waals surface area contributed by atoms with Gasteiger partial charge in [-0.25, -0.2) is 0 Å². The number of unbranched alkanes of at least 4 members (excludes halogenated alkanes) is 50. The Morgan fingerprint density at radius 1 is 0.341 bits per heavy atom. The molecule has 0 bridgehead atoms. The van der Waals surface area contributed by atoms with Crippen molar-refractivity contribution in [3.05, 3.63) is 48.6 Å². The number of amides is 1. The van der Waals surface area contributed by atoms with Gasteiger partial charge in [-0.05, 0) is 89.9 Å². The van der Waals surface area contributed by atoms with Gasteiger partial charge in [0.15, 0.2) is 0 Å². The van der Waals surface area contributed by atoms with Gasteiger partial charge in [0.05, 0.1) is 25.4 Å². The summed E-state index contributed by atoms with van der Waals surface area (Å²) in [6.07, 6.45) is 93.2. The molecule has 0 rings (SSSR count). The summed E-state index contributed by atoms with van der Waals surface area (Å²) in [6.45, 7) is 4.95. The van der Waals surface area contributed by atoms with Crippen LogP contribution in [-0.2, 0) is 14.3 Å². The minimum Gasteiger partial charge on any atom is -0.466 e. The molecule has 0 saturated heterocycles. The lowest BCUT2D eigenvalue weighted by Crippen LogP contribution is -2.45. The number of carbonyl (C=O) groups is 2. The molecule has 0 saturated carbocycles. The van der Waals surface area contributed by atoms with Gasteiger partial charge in [-0.2, -0.15) is 0 Å². The van der Waals surface area contributed by atoms with E-state index < -0.39 is 12.1 Å². The fourth-order valence-electron chi connectivity index (χ4n) is 11.5. The number of hydrogen-bond donors (Lipinski definition) is 3. The highest BCUT2D eigenvalue weighted by molar-refractivity contribution is 5.76. The first-order valence-corrected chi connectivity index (χ1v) is 36.9. The van der Waals surface area contributed by atoms with Crippen molar-refractivity contribution in [1.29, 1.82) is 0 Å². The van der Waals surface area contributed by atoms with E-state index in [2.05, 4.69) is 67.8 Å². The summed E-state index contributed by atoms with van der Waals surface area (Å²) < 4.78 is 5.49.